The van der Waals surface area contributed by atoms with Crippen LogP contribution in [0.3, 0.4) is 0 Å². The maximum atomic E-state index is 13.0. The van der Waals surface area contributed by atoms with Gasteiger partial charge in [0.05, 0.1) is 0 Å². The van der Waals surface area contributed by atoms with Crippen LogP contribution in [0.25, 0.3) is 0 Å². The molecule has 0 amide bonds. The summed E-state index contributed by atoms with van der Waals surface area (Å²) < 4.78 is 232. The van der Waals surface area contributed by atoms with Gasteiger partial charge >= 0.3 is 47.2 Å². The van der Waals surface area contributed by atoms with E-state index in [-0.39, 0.29) is 0 Å². The third-order valence-electron chi connectivity index (χ3n) is 2.95. The monoisotopic (exact) mass is 481 g/mol. The second-order valence-corrected chi connectivity index (χ2v) is 6.19. The summed E-state index contributed by atoms with van der Waals surface area (Å²) in [6.07, 6.45) is -5.98. The van der Waals surface area contributed by atoms with E-state index in [1.54, 1.807) is 0 Å². The molecule has 28 heavy (non-hydrogen) atoms. The molecular weight excluding hydrogens is 480 g/mol. The van der Waals surface area contributed by atoms with Gasteiger partial charge in [0, 0.05) is 0 Å². The van der Waals surface area contributed by atoms with Crippen LogP contribution in [0.2, 0.25) is 0 Å². The highest BCUT2D eigenvalue weighted by atomic mass is 32.2. The second kappa shape index (κ2) is 6.39. The molecule has 0 N–H and O–H groups in total. The minimum atomic E-state index is -8.74. The maximum Gasteiger partial charge on any atom is 0.402 e. The topological polar surface area (TPSA) is 57.2 Å². The minimum absolute atomic E-state index is 5.98. The van der Waals surface area contributed by atoms with Crippen LogP contribution in [-0.2, 0) is 10.1 Å². The average molecular weight is 481 g/mol. The second-order valence-electron chi connectivity index (χ2n) is 4.77. The Hall–Kier alpha value is -1.21. The zero-order valence-corrected chi connectivity index (χ0v) is 12.6. The fourth-order valence-corrected chi connectivity index (χ4v) is 1.72. The van der Waals surface area contributed by atoms with Gasteiger partial charge < -0.3 is 4.55 Å². The van der Waals surface area contributed by atoms with Crippen molar-refractivity contribution >= 4 is 10.1 Å². The van der Waals surface area contributed by atoms with Gasteiger partial charge in [-0.3, -0.25) is 0 Å². The van der Waals surface area contributed by atoms with Crippen LogP contribution in [-0.4, -0.2) is 60.2 Å². The lowest BCUT2D eigenvalue weighted by atomic mass is 9.91. The Morgan fingerprint density at radius 3 is 1.04 bits per heavy atom. The van der Waals surface area contributed by atoms with E-state index in [1.165, 1.54) is 0 Å². The minimum Gasteiger partial charge on any atom is -0.743 e. The predicted molar refractivity (Wildman–Crippen MR) is 50.3 cm³/mol. The van der Waals surface area contributed by atoms with Crippen LogP contribution in [0.5, 0.6) is 0 Å². The van der Waals surface area contributed by atoms with Crippen molar-refractivity contribution < 1.29 is 83.2 Å². The van der Waals surface area contributed by atoms with Gasteiger partial charge in [-0.05, 0) is 0 Å². The summed E-state index contributed by atoms with van der Waals surface area (Å²) >= 11 is 0. The first-order chi connectivity index (χ1) is 11.7. The highest BCUT2D eigenvalue weighted by Crippen LogP contribution is 2.63. The third kappa shape index (κ3) is 3.05. The zero-order chi connectivity index (χ0) is 23.6. The average Bonchev–Trinajstić information content (AvgIpc) is 2.44. The maximum absolute atomic E-state index is 13.0. The summed E-state index contributed by atoms with van der Waals surface area (Å²) in [4.78, 5) is 0. The van der Waals surface area contributed by atoms with Crippen LogP contribution >= 0.6 is 0 Å². The SMILES string of the molecule is O=S(=O)([O-])C(F)(F)C(F)(F)C(F)(F)C(F)(F)C(F)(F)C(F)(F)C(F)(F)C(F)F. The summed E-state index contributed by atoms with van der Waals surface area (Å²) in [7, 11) is -8.07. The van der Waals surface area contributed by atoms with Crippen molar-refractivity contribution in [3.05, 3.63) is 0 Å². The first-order valence-electron chi connectivity index (χ1n) is 5.57. The van der Waals surface area contributed by atoms with Crippen LogP contribution in [0, 0.1) is 0 Å². The van der Waals surface area contributed by atoms with Crippen LogP contribution in [0.15, 0.2) is 0 Å². The molecule has 0 spiro atoms. The molecule has 0 rings (SSSR count). The molecule has 0 aliphatic heterocycles. The Morgan fingerprint density at radius 2 is 0.786 bits per heavy atom. The quantitative estimate of drug-likeness (QED) is 0.386. The van der Waals surface area contributed by atoms with Gasteiger partial charge in [0.15, 0.2) is 10.1 Å². The van der Waals surface area contributed by atoms with Gasteiger partial charge in [-0.1, -0.05) is 0 Å². The van der Waals surface area contributed by atoms with Crippen LogP contribution in [0.4, 0.5) is 70.2 Å². The highest BCUT2D eigenvalue weighted by Gasteiger charge is 2.94. The molecule has 0 aromatic carbocycles. The Balaban J connectivity index is 6.80. The number of hydrogen-bond acceptors (Lipinski definition) is 3. The molecule has 0 fully saturated rings. The molecule has 0 aliphatic carbocycles. The van der Waals surface area contributed by atoms with E-state index >= 15 is 0 Å². The lowest BCUT2D eigenvalue weighted by molar-refractivity contribution is -0.441. The van der Waals surface area contributed by atoms with E-state index in [0.29, 0.717) is 0 Å². The van der Waals surface area contributed by atoms with Crippen molar-refractivity contribution in [3.63, 3.8) is 0 Å². The Bertz CT molecular complexity index is 695. The summed E-state index contributed by atoms with van der Waals surface area (Å²) in [6, 6.07) is 0. The van der Waals surface area contributed by atoms with Crippen molar-refractivity contribution in [2.75, 3.05) is 0 Å². The van der Waals surface area contributed by atoms with E-state index in [9.17, 15) is 83.2 Å². The van der Waals surface area contributed by atoms with Crippen molar-refractivity contribution in [3.8, 4) is 0 Å². The first-order valence-corrected chi connectivity index (χ1v) is 6.98. The molecule has 20 heteroatoms. The van der Waals surface area contributed by atoms with Crippen molar-refractivity contribution in [2.24, 2.45) is 0 Å². The lowest BCUT2D eigenvalue weighted by Crippen LogP contribution is -2.74. The van der Waals surface area contributed by atoms with Crippen LogP contribution in [0.1, 0.15) is 0 Å². The summed E-state index contributed by atoms with van der Waals surface area (Å²) in [5.41, 5.74) is 0. The van der Waals surface area contributed by atoms with E-state index in [2.05, 4.69) is 0 Å². The number of rotatable bonds is 8. The Kier molecular flexibility index (Phi) is 6.12. The van der Waals surface area contributed by atoms with Gasteiger partial charge in [-0.25, -0.2) is 17.2 Å². The fraction of sp³-hybridized carbons (Fsp3) is 1.00. The number of halogens is 16. The largest absolute Gasteiger partial charge is 0.743 e. The third-order valence-corrected chi connectivity index (χ3v) is 3.83. The molecule has 0 aliphatic rings. The number of alkyl halides is 16. The van der Waals surface area contributed by atoms with Crippen LogP contribution < -0.4 is 0 Å². The fourth-order valence-electron chi connectivity index (χ4n) is 1.28. The molecule has 0 saturated heterocycles. The molecule has 3 nitrogen and oxygen atoms in total. The molecule has 0 unspecified atom stereocenters. The summed E-state index contributed by atoms with van der Waals surface area (Å²) in [6.45, 7) is 0. The van der Waals surface area contributed by atoms with Gasteiger partial charge in [0.1, 0.15) is 0 Å². The normalized spacial score (nSPS) is 16.6. The lowest BCUT2D eigenvalue weighted by Gasteiger charge is -2.42. The zero-order valence-electron chi connectivity index (χ0n) is 11.8. The molecule has 0 aromatic heterocycles. The van der Waals surface area contributed by atoms with Gasteiger partial charge in [-0.2, -0.15) is 61.5 Å². The van der Waals surface area contributed by atoms with Crippen molar-refractivity contribution in [1.82, 2.24) is 0 Å². The van der Waals surface area contributed by atoms with Crippen molar-refractivity contribution in [1.29, 1.82) is 0 Å². The van der Waals surface area contributed by atoms with E-state index in [4.69, 9.17) is 0 Å². The smallest absolute Gasteiger partial charge is 0.402 e. The molecule has 0 bridgehead atoms. The molecular formula is C8HF16O3S-. The molecule has 0 heterocycles. The summed E-state index contributed by atoms with van der Waals surface area (Å²) in [5.74, 6) is -50.3. The first kappa shape index (κ1) is 26.8. The summed E-state index contributed by atoms with van der Waals surface area (Å²) in [5, 5.41) is -7.87. The van der Waals surface area contributed by atoms with E-state index < -0.39 is 57.3 Å². The van der Waals surface area contributed by atoms with E-state index in [0.717, 1.165) is 0 Å². The number of hydrogen-bond donors (Lipinski definition) is 0. The predicted octanol–water partition coefficient (Wildman–Crippen LogP) is 4.20. The van der Waals surface area contributed by atoms with E-state index in [1.807, 2.05) is 0 Å². The molecule has 0 saturated carbocycles. The van der Waals surface area contributed by atoms with Gasteiger partial charge in [0.25, 0.3) is 0 Å². The van der Waals surface area contributed by atoms with Gasteiger partial charge in [-0.15, -0.1) is 0 Å². The Labute approximate surface area is 142 Å². The molecule has 0 aromatic rings. The standard InChI is InChI=1S/C8H2F16O3S/c9-1(10)2(11,12)3(13,14)4(15,16)5(17,18)6(19,20)7(21,22)8(23,24)28(25,26)27/h1H,(H,25,26,27)/p-1. The molecule has 170 valence electrons. The highest BCUT2D eigenvalue weighted by molar-refractivity contribution is 7.86. The van der Waals surface area contributed by atoms with Gasteiger partial charge in [0.2, 0.25) is 0 Å². The van der Waals surface area contributed by atoms with Crippen molar-refractivity contribution in [2.45, 2.75) is 47.2 Å². The Morgan fingerprint density at radius 1 is 0.536 bits per heavy atom. The molecule has 0 radical (unpaired) electrons. The molecule has 0 atom stereocenters.